The van der Waals surface area contributed by atoms with E-state index in [0.29, 0.717) is 11.5 Å². The number of aromatic nitrogens is 2. The van der Waals surface area contributed by atoms with Crippen LogP contribution in [0.5, 0.6) is 0 Å². The fraction of sp³-hybridized carbons (Fsp3) is 0.812. The molecule has 3 heteroatoms. The van der Waals surface area contributed by atoms with Gasteiger partial charge in [0.1, 0.15) is 5.82 Å². The molecule has 2 heterocycles. The van der Waals surface area contributed by atoms with Crippen LogP contribution in [0.25, 0.3) is 0 Å². The Bertz CT molecular complexity index is 473. The third kappa shape index (κ3) is 2.22. The first-order valence-electron chi connectivity index (χ1n) is 7.84. The zero-order chi connectivity index (χ0) is 13.6. The number of fused-ring (bicyclic) bond motifs is 3. The van der Waals surface area contributed by atoms with E-state index in [1.165, 1.54) is 42.9 Å². The Kier molecular flexibility index (Phi) is 3.20. The molecule has 106 valence electrons. The summed E-state index contributed by atoms with van der Waals surface area (Å²) in [6.45, 7) is 8.14. The third-order valence-electron chi connectivity index (χ3n) is 5.58. The van der Waals surface area contributed by atoms with Crippen LogP contribution < -0.4 is 5.73 Å². The maximum Gasteiger partial charge on any atom is 0.109 e. The normalized spacial score (nSPS) is 26.9. The first-order valence-corrected chi connectivity index (χ1v) is 7.84. The summed E-state index contributed by atoms with van der Waals surface area (Å²) in [4.78, 5) is 4.88. The lowest BCUT2D eigenvalue weighted by Gasteiger charge is -2.36. The highest BCUT2D eigenvalue weighted by molar-refractivity contribution is 5.23. The number of imidazole rings is 1. The van der Waals surface area contributed by atoms with Gasteiger partial charge in [-0.15, -0.1) is 0 Å². The summed E-state index contributed by atoms with van der Waals surface area (Å²) in [5, 5.41) is 0. The summed E-state index contributed by atoms with van der Waals surface area (Å²) in [6.07, 6.45) is 7.09. The molecule has 0 spiro atoms. The molecule has 2 N–H and O–H groups in total. The van der Waals surface area contributed by atoms with Gasteiger partial charge < -0.3 is 10.3 Å². The van der Waals surface area contributed by atoms with Gasteiger partial charge in [0.25, 0.3) is 0 Å². The summed E-state index contributed by atoms with van der Waals surface area (Å²) in [7, 11) is 0. The van der Waals surface area contributed by atoms with Crippen molar-refractivity contribution in [2.75, 3.05) is 0 Å². The largest absolute Gasteiger partial charge is 0.330 e. The molecule has 0 saturated carbocycles. The summed E-state index contributed by atoms with van der Waals surface area (Å²) in [6, 6.07) is 0.324. The van der Waals surface area contributed by atoms with Gasteiger partial charge in [0.2, 0.25) is 0 Å². The van der Waals surface area contributed by atoms with Crippen LogP contribution in [0.2, 0.25) is 0 Å². The first kappa shape index (κ1) is 13.2. The van der Waals surface area contributed by atoms with Crippen molar-refractivity contribution >= 4 is 0 Å². The molecule has 0 bridgehead atoms. The number of rotatable bonds is 2. The Morgan fingerprint density at radius 1 is 1.32 bits per heavy atom. The molecule has 3 rings (SSSR count). The fourth-order valence-electron chi connectivity index (χ4n) is 3.67. The molecule has 1 aliphatic carbocycles. The lowest BCUT2D eigenvalue weighted by Crippen LogP contribution is -2.34. The smallest absolute Gasteiger partial charge is 0.109 e. The minimum Gasteiger partial charge on any atom is -0.330 e. The molecule has 1 aromatic rings. The Hall–Kier alpha value is -0.830. The summed E-state index contributed by atoms with van der Waals surface area (Å²) in [5.74, 6) is 2.09. The Labute approximate surface area is 116 Å². The van der Waals surface area contributed by atoms with Gasteiger partial charge in [-0.1, -0.05) is 27.2 Å². The monoisotopic (exact) mass is 261 g/mol. The molecule has 1 aliphatic heterocycles. The van der Waals surface area contributed by atoms with Crippen molar-refractivity contribution in [1.82, 2.24) is 9.55 Å². The maximum atomic E-state index is 6.14. The van der Waals surface area contributed by atoms with E-state index in [9.17, 15) is 0 Å². The van der Waals surface area contributed by atoms with Crippen LogP contribution in [-0.2, 0) is 25.8 Å². The molecule has 0 saturated heterocycles. The zero-order valence-electron chi connectivity index (χ0n) is 12.6. The lowest BCUT2D eigenvalue weighted by atomic mass is 9.70. The molecule has 2 atom stereocenters. The molecule has 3 nitrogen and oxygen atoms in total. The molecule has 0 amide bonds. The highest BCUT2D eigenvalue weighted by Gasteiger charge is 2.34. The predicted octanol–water partition coefficient (Wildman–Crippen LogP) is 2.70. The SMILES string of the molecule is CCC(C)(C)C1CCc2nc3n(c2C1)CC(N)CC3. The second kappa shape index (κ2) is 4.62. The van der Waals surface area contributed by atoms with Gasteiger partial charge in [0.05, 0.1) is 5.69 Å². The van der Waals surface area contributed by atoms with Gasteiger partial charge in [0.15, 0.2) is 0 Å². The van der Waals surface area contributed by atoms with E-state index in [-0.39, 0.29) is 0 Å². The molecular formula is C16H27N3. The van der Waals surface area contributed by atoms with Crippen LogP contribution in [0, 0.1) is 11.3 Å². The molecule has 0 aromatic carbocycles. The standard InChI is InChI=1S/C16H27N3/c1-4-16(2,3)11-5-7-13-14(9-11)19-10-12(17)6-8-15(19)18-13/h11-12H,4-10,17H2,1-3H3. The minimum absolute atomic E-state index is 0.324. The first-order chi connectivity index (χ1) is 9.01. The van der Waals surface area contributed by atoms with Crippen molar-refractivity contribution in [3.8, 4) is 0 Å². The highest BCUT2D eigenvalue weighted by atomic mass is 15.1. The van der Waals surface area contributed by atoms with E-state index in [4.69, 9.17) is 10.7 Å². The second-order valence-electron chi connectivity index (χ2n) is 7.11. The van der Waals surface area contributed by atoms with Crippen molar-refractivity contribution in [3.63, 3.8) is 0 Å². The number of hydrogen-bond acceptors (Lipinski definition) is 2. The molecule has 1 aromatic heterocycles. The van der Waals surface area contributed by atoms with E-state index in [1.807, 2.05) is 0 Å². The van der Waals surface area contributed by atoms with Crippen molar-refractivity contribution in [3.05, 3.63) is 17.2 Å². The van der Waals surface area contributed by atoms with Crippen molar-refractivity contribution in [1.29, 1.82) is 0 Å². The zero-order valence-corrected chi connectivity index (χ0v) is 12.6. The van der Waals surface area contributed by atoms with Gasteiger partial charge in [-0.3, -0.25) is 0 Å². The Balaban J connectivity index is 1.90. The summed E-state index contributed by atoms with van der Waals surface area (Å²) < 4.78 is 2.45. The molecule has 2 unspecified atom stereocenters. The van der Waals surface area contributed by atoms with Crippen molar-refractivity contribution in [2.24, 2.45) is 17.1 Å². The molecule has 19 heavy (non-hydrogen) atoms. The number of aryl methyl sites for hydroxylation is 2. The van der Waals surface area contributed by atoms with Gasteiger partial charge in [0, 0.05) is 24.7 Å². The maximum absolute atomic E-state index is 6.14. The van der Waals surface area contributed by atoms with E-state index >= 15 is 0 Å². The van der Waals surface area contributed by atoms with Gasteiger partial charge >= 0.3 is 0 Å². The van der Waals surface area contributed by atoms with E-state index in [2.05, 4.69) is 25.3 Å². The van der Waals surface area contributed by atoms with Gasteiger partial charge in [-0.2, -0.15) is 0 Å². The number of nitrogens with two attached hydrogens (primary N) is 1. The van der Waals surface area contributed by atoms with Crippen LogP contribution in [0.3, 0.4) is 0 Å². The number of hydrogen-bond donors (Lipinski definition) is 1. The average molecular weight is 261 g/mol. The van der Waals surface area contributed by atoms with Gasteiger partial charge in [-0.05, 0) is 37.0 Å². The summed E-state index contributed by atoms with van der Waals surface area (Å²) in [5.41, 5.74) is 9.45. The molecule has 0 radical (unpaired) electrons. The van der Waals surface area contributed by atoms with E-state index < -0.39 is 0 Å². The van der Waals surface area contributed by atoms with Crippen molar-refractivity contribution < 1.29 is 0 Å². The molecule has 0 fully saturated rings. The molecule has 2 aliphatic rings. The highest BCUT2D eigenvalue weighted by Crippen LogP contribution is 2.40. The van der Waals surface area contributed by atoms with Crippen LogP contribution in [0.1, 0.15) is 57.2 Å². The lowest BCUT2D eigenvalue weighted by molar-refractivity contribution is 0.179. The third-order valence-corrected chi connectivity index (χ3v) is 5.58. The predicted molar refractivity (Wildman–Crippen MR) is 78.1 cm³/mol. The van der Waals surface area contributed by atoms with Crippen LogP contribution >= 0.6 is 0 Å². The average Bonchev–Trinajstić information content (AvgIpc) is 2.76. The topological polar surface area (TPSA) is 43.8 Å². The summed E-state index contributed by atoms with van der Waals surface area (Å²) >= 11 is 0. The quantitative estimate of drug-likeness (QED) is 0.889. The number of nitrogens with zero attached hydrogens (tertiary/aromatic N) is 2. The molecular weight excluding hydrogens is 234 g/mol. The van der Waals surface area contributed by atoms with Crippen molar-refractivity contribution in [2.45, 2.75) is 71.9 Å². The Morgan fingerprint density at radius 2 is 2.11 bits per heavy atom. The fourth-order valence-corrected chi connectivity index (χ4v) is 3.67. The van der Waals surface area contributed by atoms with Crippen LogP contribution in [-0.4, -0.2) is 15.6 Å². The minimum atomic E-state index is 0.324. The van der Waals surface area contributed by atoms with Crippen LogP contribution in [0.15, 0.2) is 0 Å². The second-order valence-corrected chi connectivity index (χ2v) is 7.11. The van der Waals surface area contributed by atoms with E-state index in [0.717, 1.165) is 25.3 Å². The van der Waals surface area contributed by atoms with Crippen LogP contribution in [0.4, 0.5) is 0 Å². The van der Waals surface area contributed by atoms with Gasteiger partial charge in [-0.25, -0.2) is 4.98 Å². The Morgan fingerprint density at radius 3 is 2.84 bits per heavy atom. The van der Waals surface area contributed by atoms with E-state index in [1.54, 1.807) is 0 Å².